The number of halogens is 1. The SMILES string of the molecule is COc1cc2cc(c1Cl)N(C)C(=O)C[C@H](OC(=O)[C@H](C)N(C)C(=O)CCOC(=O)NC(CN(C)C(=O)OC1C=CCCCCC1)C(=O)On1c(O)ccc1O)[C@]1(C)O[C@H]1[C@H](C)[C@@H]1C[C@@](O)(NC(=O)O1)[C@H](OC)C=CC=C(C)C2. The van der Waals surface area contributed by atoms with Crippen LogP contribution in [0.3, 0.4) is 0 Å². The molecule has 4 heterocycles. The first-order valence-electron chi connectivity index (χ1n) is 25.6. The smallest absolute Gasteiger partial charge is 0.410 e. The summed E-state index contributed by atoms with van der Waals surface area (Å²) in [7, 11) is 6.97. The fraction of sp³-hybridized carbons (Fsp3) is 0.566. The molecule has 1 aliphatic carbocycles. The zero-order valence-electron chi connectivity index (χ0n) is 45.2. The minimum absolute atomic E-state index is 0.141. The molecule has 0 radical (unpaired) electrons. The van der Waals surface area contributed by atoms with E-state index in [2.05, 4.69) is 10.6 Å². The average Bonchev–Trinajstić information content (AvgIpc) is 4.14. The summed E-state index contributed by atoms with van der Waals surface area (Å²) in [6, 6.07) is 2.61. The number of nitrogens with one attached hydrogen (secondary N) is 2. The molecule has 1 aromatic heterocycles. The number of epoxide rings is 1. The van der Waals surface area contributed by atoms with Crippen molar-refractivity contribution in [3.8, 4) is 17.5 Å². The highest BCUT2D eigenvalue weighted by Gasteiger charge is 2.64. The highest BCUT2D eigenvalue weighted by atomic mass is 35.5. The summed E-state index contributed by atoms with van der Waals surface area (Å²) in [5, 5.41) is 36.9. The van der Waals surface area contributed by atoms with E-state index in [4.69, 9.17) is 49.6 Å². The Hall–Kier alpha value is -7.02. The second-order valence-electron chi connectivity index (χ2n) is 20.1. The number of benzene rings is 1. The van der Waals surface area contributed by atoms with Crippen molar-refractivity contribution in [3.05, 3.63) is 70.8 Å². The Kier molecular flexibility index (Phi) is 20.1. The number of carbonyl (C=O) groups excluding carboxylic acids is 7. The fourth-order valence-electron chi connectivity index (χ4n) is 9.43. The van der Waals surface area contributed by atoms with Gasteiger partial charge in [0.25, 0.3) is 0 Å². The van der Waals surface area contributed by atoms with Crippen molar-refractivity contribution in [1.29, 1.82) is 0 Å². The number of amides is 5. The number of nitrogens with zero attached hydrogens (tertiary/aromatic N) is 4. The third kappa shape index (κ3) is 14.8. The highest BCUT2D eigenvalue weighted by molar-refractivity contribution is 6.35. The van der Waals surface area contributed by atoms with E-state index in [9.17, 15) is 48.9 Å². The van der Waals surface area contributed by atoms with Crippen LogP contribution in [0.2, 0.25) is 5.02 Å². The Labute approximate surface area is 457 Å². The Morgan fingerprint density at radius 2 is 1.74 bits per heavy atom. The van der Waals surface area contributed by atoms with E-state index < -0.39 is 140 Å². The summed E-state index contributed by atoms with van der Waals surface area (Å²) in [5.74, 6) is -5.06. The number of aromatic nitrogens is 1. The van der Waals surface area contributed by atoms with E-state index in [0.29, 0.717) is 29.0 Å². The molecule has 25 heteroatoms. The second-order valence-corrected chi connectivity index (χ2v) is 20.5. The van der Waals surface area contributed by atoms with Gasteiger partial charge in [0.05, 0.1) is 38.3 Å². The van der Waals surface area contributed by atoms with Crippen molar-refractivity contribution in [3.63, 3.8) is 0 Å². The van der Waals surface area contributed by atoms with Crippen LogP contribution in [0, 0.1) is 5.92 Å². The molecule has 0 spiro atoms. The topological polar surface area (TPSA) is 296 Å². The molecule has 5 amide bonds. The molecular formula is C53H71ClN6O18. The molecular weight excluding hydrogens is 1040 g/mol. The number of rotatable bonds is 14. The van der Waals surface area contributed by atoms with Gasteiger partial charge >= 0.3 is 30.2 Å². The van der Waals surface area contributed by atoms with Gasteiger partial charge in [0.15, 0.2) is 5.72 Å². The zero-order chi connectivity index (χ0) is 57.2. The molecule has 3 aliphatic heterocycles. The van der Waals surface area contributed by atoms with Gasteiger partial charge in [-0.1, -0.05) is 54.8 Å². The summed E-state index contributed by atoms with van der Waals surface area (Å²) in [6.45, 7) is 5.54. The molecule has 5 N–H and O–H groups in total. The number of hydrogen-bond acceptors (Lipinski definition) is 18. The standard InChI is InChI=1S/C53H71ClN6O18/c1-30-16-15-19-39(72-9)53(70)28-38(75-50(68)56-53)31(2)46-52(4,77-46)40(27-44(64)59(7)36-25-33(24-30)26-37(71-8)45(36)54)76-47(65)32(3)58(6)41(61)22-23-73-49(67)55-35(48(66)78-60-42(62)20-21-43(60)63)29-57(5)51(69)74-34-17-13-11-10-12-14-18-34/h13,15-17,19-21,25-26,31-32,34-35,38-40,46,62-63,70H,10-12,14,18,22-24,27-29H2,1-9H3,(H,55,67)(H,56,68)/t31-,32+,34?,35?,38+,39-,40+,46+,52+,53+/m1/s1. The van der Waals surface area contributed by atoms with Crippen molar-refractivity contribution in [2.75, 3.05) is 53.4 Å². The molecule has 24 nitrogen and oxygen atoms in total. The molecule has 2 unspecified atom stereocenters. The van der Waals surface area contributed by atoms with Gasteiger partial charge in [-0.25, -0.2) is 24.0 Å². The molecule has 428 valence electrons. The van der Waals surface area contributed by atoms with Crippen molar-refractivity contribution in [2.24, 2.45) is 5.92 Å². The molecule has 6 rings (SSSR count). The number of aromatic hydroxyl groups is 2. The number of allylic oxidation sites excluding steroid dienone is 4. The van der Waals surface area contributed by atoms with Crippen molar-refractivity contribution >= 4 is 59.3 Å². The Balaban J connectivity index is 1.15. The minimum atomic E-state index is -1.92. The number of ether oxygens (including phenoxy) is 7. The maximum atomic E-state index is 14.4. The molecule has 78 heavy (non-hydrogen) atoms. The van der Waals surface area contributed by atoms with Crippen LogP contribution in [0.5, 0.6) is 17.5 Å². The van der Waals surface area contributed by atoms with Crippen molar-refractivity contribution in [2.45, 2.75) is 139 Å². The number of anilines is 1. The molecule has 4 aliphatic rings. The van der Waals surface area contributed by atoms with Gasteiger partial charge in [0, 0.05) is 52.7 Å². The van der Waals surface area contributed by atoms with Crippen molar-refractivity contribution in [1.82, 2.24) is 25.2 Å². The Morgan fingerprint density at radius 1 is 1.03 bits per heavy atom. The summed E-state index contributed by atoms with van der Waals surface area (Å²) in [4.78, 5) is 103. The zero-order valence-corrected chi connectivity index (χ0v) is 46.0. The molecule has 0 saturated carbocycles. The van der Waals surface area contributed by atoms with Gasteiger partial charge in [0.1, 0.15) is 59.5 Å². The van der Waals surface area contributed by atoms with E-state index >= 15 is 0 Å². The molecule has 2 saturated heterocycles. The fourth-order valence-corrected chi connectivity index (χ4v) is 9.75. The third-order valence-corrected chi connectivity index (χ3v) is 14.7. The number of alkyl carbamates (subject to hydrolysis) is 2. The summed E-state index contributed by atoms with van der Waals surface area (Å²) in [6.07, 6.45) is 4.82. The van der Waals surface area contributed by atoms with Crippen molar-refractivity contribution < 1.29 is 86.9 Å². The maximum Gasteiger partial charge on any atom is 0.410 e. The molecule has 1 aromatic carbocycles. The van der Waals surface area contributed by atoms with E-state index in [1.807, 2.05) is 19.1 Å². The van der Waals surface area contributed by atoms with E-state index in [-0.39, 0.29) is 11.4 Å². The van der Waals surface area contributed by atoms with Gasteiger partial charge in [-0.3, -0.25) is 14.9 Å². The molecule has 2 fully saturated rings. The lowest BCUT2D eigenvalue weighted by molar-refractivity contribution is -0.162. The predicted octanol–water partition coefficient (Wildman–Crippen LogP) is 4.82. The first kappa shape index (κ1) is 60.2. The minimum Gasteiger partial charge on any atom is -0.495 e. The predicted molar refractivity (Wildman–Crippen MR) is 278 cm³/mol. The van der Waals surface area contributed by atoms with Gasteiger partial charge in [-0.2, -0.15) is 0 Å². The number of esters is 1. The number of hydrogen-bond donors (Lipinski definition) is 5. The normalized spacial score (nSPS) is 26.2. The number of likely N-dealkylation sites (N-methyl/N-ethyl adjacent to an activating group) is 2. The number of carbonyl (C=O) groups is 7. The highest BCUT2D eigenvalue weighted by Crippen LogP contribution is 2.49. The Bertz CT molecular complexity index is 2620. The van der Waals surface area contributed by atoms with Crippen LogP contribution in [0.1, 0.15) is 84.6 Å². The lowest BCUT2D eigenvalue weighted by Crippen LogP contribution is -2.63. The Morgan fingerprint density at radius 3 is 2.44 bits per heavy atom. The lowest BCUT2D eigenvalue weighted by Gasteiger charge is -2.42. The molecule has 2 aromatic rings. The van der Waals surface area contributed by atoms with Gasteiger partial charge in [0.2, 0.25) is 23.6 Å². The monoisotopic (exact) mass is 1110 g/mol. The number of fused-ring (bicyclic) bond motifs is 5. The van der Waals surface area contributed by atoms with Crippen LogP contribution in [-0.2, 0) is 54.0 Å². The first-order valence-corrected chi connectivity index (χ1v) is 26.0. The lowest BCUT2D eigenvalue weighted by atomic mass is 9.83. The van der Waals surface area contributed by atoms with Gasteiger partial charge < -0.3 is 73.3 Å². The maximum absolute atomic E-state index is 14.4. The van der Waals surface area contributed by atoms with E-state index in [1.54, 1.807) is 44.2 Å². The number of methoxy groups -OCH3 is 2. The summed E-state index contributed by atoms with van der Waals surface area (Å²) >= 11 is 6.81. The van der Waals surface area contributed by atoms with Crippen LogP contribution in [0.4, 0.5) is 20.1 Å². The summed E-state index contributed by atoms with van der Waals surface area (Å²) < 4.78 is 40.6. The largest absolute Gasteiger partial charge is 0.495 e. The van der Waals surface area contributed by atoms with Gasteiger partial charge in [-0.15, -0.1) is 4.73 Å². The number of aliphatic hydroxyl groups is 1. The van der Waals surface area contributed by atoms with E-state index in [1.165, 1.54) is 47.2 Å². The average molecular weight is 1120 g/mol. The van der Waals surface area contributed by atoms with E-state index in [0.717, 1.165) is 58.8 Å². The van der Waals surface area contributed by atoms with Crippen LogP contribution < -0.4 is 25.1 Å². The second kappa shape index (κ2) is 26.1. The summed E-state index contributed by atoms with van der Waals surface area (Å²) in [5.41, 5.74) is -1.40. The van der Waals surface area contributed by atoms with Crippen LogP contribution >= 0.6 is 11.6 Å². The van der Waals surface area contributed by atoms with Crippen LogP contribution in [0.25, 0.3) is 0 Å². The van der Waals surface area contributed by atoms with Crippen LogP contribution in [-0.4, -0.2) is 174 Å². The first-order chi connectivity index (χ1) is 36.9. The third-order valence-electron chi connectivity index (χ3n) is 14.4. The van der Waals surface area contributed by atoms with Crippen LogP contribution in [0.15, 0.2) is 60.2 Å². The molecule has 10 atom stereocenters. The van der Waals surface area contributed by atoms with Gasteiger partial charge in [-0.05, 0) is 76.6 Å². The molecule has 4 bridgehead atoms. The quantitative estimate of drug-likeness (QED) is 0.0733.